The molecule has 20 heavy (non-hydrogen) atoms. The minimum atomic E-state index is -0.237. The minimum absolute atomic E-state index is 0.237. The van der Waals surface area contributed by atoms with E-state index >= 15 is 0 Å². The Morgan fingerprint density at radius 1 is 1.25 bits per heavy atom. The lowest BCUT2D eigenvalue weighted by Gasteiger charge is -2.07. The highest BCUT2D eigenvalue weighted by atomic mass is 79.9. The van der Waals surface area contributed by atoms with Gasteiger partial charge >= 0.3 is 0 Å². The Morgan fingerprint density at radius 3 is 2.60 bits per heavy atom. The molecule has 0 saturated heterocycles. The first kappa shape index (κ1) is 14.5. The third-order valence-corrected chi connectivity index (χ3v) is 3.26. The molecule has 1 aromatic carbocycles. The summed E-state index contributed by atoms with van der Waals surface area (Å²) in [5, 5.41) is 5.86. The van der Waals surface area contributed by atoms with Crippen molar-refractivity contribution in [1.29, 1.82) is 0 Å². The summed E-state index contributed by atoms with van der Waals surface area (Å²) in [6, 6.07) is 7.43. The van der Waals surface area contributed by atoms with Crippen molar-refractivity contribution < 1.29 is 4.79 Å². The van der Waals surface area contributed by atoms with Gasteiger partial charge in [0.2, 0.25) is 5.95 Å². The quantitative estimate of drug-likeness (QED) is 0.880. The fourth-order valence-electron chi connectivity index (χ4n) is 1.53. The number of rotatable bonds is 5. The highest BCUT2D eigenvalue weighted by Crippen LogP contribution is 2.21. The molecule has 0 fully saturated rings. The molecular weight excluding hydrogens is 320 g/mol. The summed E-state index contributed by atoms with van der Waals surface area (Å²) in [6.07, 6.45) is 4.02. The Labute approximate surface area is 126 Å². The molecule has 1 aromatic heterocycles. The number of carbonyl (C=O) groups is 1. The van der Waals surface area contributed by atoms with Crippen LogP contribution in [0.15, 0.2) is 41.1 Å². The van der Waals surface area contributed by atoms with E-state index in [-0.39, 0.29) is 5.91 Å². The van der Waals surface area contributed by atoms with Gasteiger partial charge in [0.05, 0.1) is 11.3 Å². The lowest BCUT2D eigenvalue weighted by molar-refractivity contribution is 0.102. The molecule has 0 radical (unpaired) electrons. The van der Waals surface area contributed by atoms with E-state index in [1.54, 1.807) is 0 Å². The van der Waals surface area contributed by atoms with Gasteiger partial charge in [0.1, 0.15) is 0 Å². The minimum Gasteiger partial charge on any atom is -0.354 e. The number of para-hydroxylation sites is 1. The Bertz CT molecular complexity index is 586. The smallest absolute Gasteiger partial charge is 0.258 e. The van der Waals surface area contributed by atoms with Crippen LogP contribution < -0.4 is 10.6 Å². The number of hydrogen-bond acceptors (Lipinski definition) is 4. The molecule has 2 rings (SSSR count). The molecule has 0 unspecified atom stereocenters. The monoisotopic (exact) mass is 334 g/mol. The maximum absolute atomic E-state index is 12.1. The first-order valence-electron chi connectivity index (χ1n) is 6.32. The number of amides is 1. The van der Waals surface area contributed by atoms with Crippen molar-refractivity contribution in [3.8, 4) is 0 Å². The van der Waals surface area contributed by atoms with Gasteiger partial charge in [-0.3, -0.25) is 4.79 Å². The molecule has 0 aliphatic rings. The summed E-state index contributed by atoms with van der Waals surface area (Å²) in [5.74, 6) is 0.295. The number of aromatic nitrogens is 2. The average molecular weight is 335 g/mol. The first-order chi connectivity index (χ1) is 9.70. The van der Waals surface area contributed by atoms with E-state index in [0.29, 0.717) is 17.2 Å². The molecule has 5 nitrogen and oxygen atoms in total. The Hall–Kier alpha value is -1.95. The van der Waals surface area contributed by atoms with Gasteiger partial charge in [0.25, 0.3) is 5.91 Å². The van der Waals surface area contributed by atoms with E-state index in [1.807, 2.05) is 24.3 Å². The van der Waals surface area contributed by atoms with Gasteiger partial charge in [-0.05, 0) is 34.5 Å². The van der Waals surface area contributed by atoms with Crippen molar-refractivity contribution in [3.63, 3.8) is 0 Å². The number of hydrogen-bond donors (Lipinski definition) is 2. The fraction of sp³-hybridized carbons (Fsp3) is 0.214. The zero-order valence-electron chi connectivity index (χ0n) is 11.1. The van der Waals surface area contributed by atoms with Crippen LogP contribution in [0.25, 0.3) is 0 Å². The molecular formula is C14H15BrN4O. The molecule has 1 amide bonds. The Kier molecular flexibility index (Phi) is 5.06. The molecule has 1 heterocycles. The first-order valence-corrected chi connectivity index (χ1v) is 7.12. The van der Waals surface area contributed by atoms with E-state index in [4.69, 9.17) is 0 Å². The van der Waals surface area contributed by atoms with E-state index in [9.17, 15) is 4.79 Å². The van der Waals surface area contributed by atoms with Crippen LogP contribution in [0.4, 0.5) is 11.6 Å². The summed E-state index contributed by atoms with van der Waals surface area (Å²) in [6.45, 7) is 2.87. The van der Waals surface area contributed by atoms with Crippen molar-refractivity contribution in [1.82, 2.24) is 9.97 Å². The van der Waals surface area contributed by atoms with Crippen LogP contribution in [0.5, 0.6) is 0 Å². The maximum Gasteiger partial charge on any atom is 0.258 e. The standard InChI is InChI=1S/C14H15BrN4O/c1-2-7-16-14-17-8-10(9-18-14)13(20)19-12-6-4-3-5-11(12)15/h3-6,8-9H,2,7H2,1H3,(H,19,20)(H,16,17,18). The SMILES string of the molecule is CCCNc1ncc(C(=O)Nc2ccccc2Br)cn1. The van der Waals surface area contributed by atoms with Gasteiger partial charge in [-0.2, -0.15) is 0 Å². The molecule has 104 valence electrons. The highest BCUT2D eigenvalue weighted by Gasteiger charge is 2.09. The summed E-state index contributed by atoms with van der Waals surface area (Å²) in [4.78, 5) is 20.3. The second-order valence-corrected chi connectivity index (χ2v) is 5.01. The van der Waals surface area contributed by atoms with Crippen molar-refractivity contribution in [2.75, 3.05) is 17.2 Å². The van der Waals surface area contributed by atoms with E-state index in [1.165, 1.54) is 12.4 Å². The van der Waals surface area contributed by atoms with E-state index in [0.717, 1.165) is 17.4 Å². The second kappa shape index (κ2) is 7.00. The van der Waals surface area contributed by atoms with Gasteiger partial charge < -0.3 is 10.6 Å². The topological polar surface area (TPSA) is 66.9 Å². The average Bonchev–Trinajstić information content (AvgIpc) is 2.48. The zero-order chi connectivity index (χ0) is 14.4. The van der Waals surface area contributed by atoms with Crippen molar-refractivity contribution in [3.05, 3.63) is 46.7 Å². The van der Waals surface area contributed by atoms with E-state index < -0.39 is 0 Å². The van der Waals surface area contributed by atoms with Gasteiger partial charge in [0.15, 0.2) is 0 Å². The van der Waals surface area contributed by atoms with Gasteiger partial charge in [0, 0.05) is 23.4 Å². The van der Waals surface area contributed by atoms with Crippen molar-refractivity contribution >= 4 is 33.5 Å². The summed E-state index contributed by atoms with van der Waals surface area (Å²) < 4.78 is 0.829. The maximum atomic E-state index is 12.1. The molecule has 6 heteroatoms. The molecule has 0 spiro atoms. The van der Waals surface area contributed by atoms with Crippen LogP contribution >= 0.6 is 15.9 Å². The molecule has 2 aromatic rings. The predicted octanol–water partition coefficient (Wildman–Crippen LogP) is 3.31. The van der Waals surface area contributed by atoms with Gasteiger partial charge in [-0.1, -0.05) is 19.1 Å². The van der Waals surface area contributed by atoms with Crippen LogP contribution in [0.1, 0.15) is 23.7 Å². The highest BCUT2D eigenvalue weighted by molar-refractivity contribution is 9.10. The number of anilines is 2. The van der Waals surface area contributed by atoms with Gasteiger partial charge in [-0.25, -0.2) is 9.97 Å². The number of benzene rings is 1. The number of carbonyl (C=O) groups excluding carboxylic acids is 1. The largest absolute Gasteiger partial charge is 0.354 e. The molecule has 0 bridgehead atoms. The van der Waals surface area contributed by atoms with E-state index in [2.05, 4.69) is 43.5 Å². The zero-order valence-corrected chi connectivity index (χ0v) is 12.6. The van der Waals surface area contributed by atoms with Crippen LogP contribution in [0.3, 0.4) is 0 Å². The van der Waals surface area contributed by atoms with Crippen molar-refractivity contribution in [2.45, 2.75) is 13.3 Å². The predicted molar refractivity (Wildman–Crippen MR) is 82.9 cm³/mol. The number of nitrogens with zero attached hydrogens (tertiary/aromatic N) is 2. The molecule has 2 N–H and O–H groups in total. The lowest BCUT2D eigenvalue weighted by Crippen LogP contribution is -2.14. The fourth-order valence-corrected chi connectivity index (χ4v) is 1.91. The summed E-state index contributed by atoms with van der Waals surface area (Å²) >= 11 is 3.38. The molecule has 0 aliphatic carbocycles. The summed E-state index contributed by atoms with van der Waals surface area (Å²) in [7, 11) is 0. The number of halogens is 1. The second-order valence-electron chi connectivity index (χ2n) is 4.16. The molecule has 0 saturated carbocycles. The Balaban J connectivity index is 2.04. The third kappa shape index (κ3) is 3.77. The van der Waals surface area contributed by atoms with Crippen LogP contribution in [0.2, 0.25) is 0 Å². The summed E-state index contributed by atoms with van der Waals surface area (Å²) in [5.41, 5.74) is 1.13. The Morgan fingerprint density at radius 2 is 1.95 bits per heavy atom. The number of nitrogens with one attached hydrogen (secondary N) is 2. The van der Waals surface area contributed by atoms with Gasteiger partial charge in [-0.15, -0.1) is 0 Å². The normalized spacial score (nSPS) is 10.1. The third-order valence-electron chi connectivity index (χ3n) is 2.57. The van der Waals surface area contributed by atoms with Crippen LogP contribution in [0, 0.1) is 0 Å². The molecule has 0 atom stereocenters. The lowest BCUT2D eigenvalue weighted by atomic mass is 10.3. The van der Waals surface area contributed by atoms with Crippen molar-refractivity contribution in [2.24, 2.45) is 0 Å². The van der Waals surface area contributed by atoms with Crippen LogP contribution in [-0.2, 0) is 0 Å². The molecule has 0 aliphatic heterocycles. The van der Waals surface area contributed by atoms with Crippen LogP contribution in [-0.4, -0.2) is 22.4 Å².